The molecule has 0 atom stereocenters. The Labute approximate surface area is 78.9 Å². The van der Waals surface area contributed by atoms with Gasteiger partial charge in [-0.15, -0.1) is 0 Å². The number of carbonyl (C=O) groups excluding carboxylic acids is 1. The third-order valence-electron chi connectivity index (χ3n) is 1.50. The molecule has 0 aromatic heterocycles. The average molecular weight is 224 g/mol. The summed E-state index contributed by atoms with van der Waals surface area (Å²) in [6, 6.07) is 6.93. The molecule has 0 spiro atoms. The summed E-state index contributed by atoms with van der Waals surface area (Å²) < 4.78 is 0.665. The van der Waals surface area contributed by atoms with Crippen molar-refractivity contribution in [1.82, 2.24) is 0 Å². The van der Waals surface area contributed by atoms with Gasteiger partial charge in [0.2, 0.25) is 0 Å². The first kappa shape index (κ1) is 8.95. The molecule has 12 heavy (non-hydrogen) atoms. The van der Waals surface area contributed by atoms with Crippen molar-refractivity contribution >= 4 is 21.7 Å². The summed E-state index contributed by atoms with van der Waals surface area (Å²) in [6.45, 7) is 1.49. The normalized spacial score (nSPS) is 9.08. The van der Waals surface area contributed by atoms with Crippen molar-refractivity contribution in [3.63, 3.8) is 0 Å². The first-order chi connectivity index (χ1) is 5.65. The highest BCUT2D eigenvalue weighted by molar-refractivity contribution is 9.10. The number of rotatable bonds is 1. The maximum Gasteiger partial charge on any atom is 0.159 e. The van der Waals surface area contributed by atoms with Crippen LogP contribution < -0.4 is 0 Å². The summed E-state index contributed by atoms with van der Waals surface area (Å²) in [5.41, 5.74) is 1.15. The van der Waals surface area contributed by atoms with Crippen LogP contribution in [0.2, 0.25) is 0 Å². The molecule has 0 saturated carbocycles. The number of hydrogen-bond donors (Lipinski definition) is 0. The third kappa shape index (κ3) is 1.72. The highest BCUT2D eigenvalue weighted by atomic mass is 79.9. The van der Waals surface area contributed by atoms with Crippen LogP contribution in [-0.4, -0.2) is 5.78 Å². The van der Waals surface area contributed by atoms with Crippen molar-refractivity contribution in [2.75, 3.05) is 0 Å². The average Bonchev–Trinajstić information content (AvgIpc) is 2.04. The second-order valence-electron chi connectivity index (χ2n) is 2.36. The van der Waals surface area contributed by atoms with E-state index < -0.39 is 0 Å². The van der Waals surface area contributed by atoms with E-state index in [1.807, 2.05) is 6.07 Å². The first-order valence-electron chi connectivity index (χ1n) is 3.35. The van der Waals surface area contributed by atoms with Crippen LogP contribution in [0.1, 0.15) is 22.8 Å². The maximum absolute atomic E-state index is 10.9. The van der Waals surface area contributed by atoms with Gasteiger partial charge >= 0.3 is 0 Å². The number of benzene rings is 1. The van der Waals surface area contributed by atoms with Gasteiger partial charge in [0.05, 0.1) is 5.56 Å². The lowest BCUT2D eigenvalue weighted by Gasteiger charge is -1.97. The van der Waals surface area contributed by atoms with E-state index in [1.54, 1.807) is 18.2 Å². The molecule has 0 unspecified atom stereocenters. The van der Waals surface area contributed by atoms with Crippen molar-refractivity contribution < 1.29 is 4.79 Å². The molecule has 2 nitrogen and oxygen atoms in total. The van der Waals surface area contributed by atoms with E-state index in [0.29, 0.717) is 15.6 Å². The zero-order valence-electron chi connectivity index (χ0n) is 6.47. The molecule has 1 rings (SSSR count). The Morgan fingerprint density at radius 2 is 2.25 bits per heavy atom. The SMILES string of the molecule is CC(=O)c1ccc(C#N)c(Br)c1. The summed E-state index contributed by atoms with van der Waals surface area (Å²) in [6.07, 6.45) is 0. The lowest BCUT2D eigenvalue weighted by Crippen LogP contribution is -1.92. The Morgan fingerprint density at radius 3 is 2.67 bits per heavy atom. The zero-order valence-corrected chi connectivity index (χ0v) is 8.05. The number of carbonyl (C=O) groups is 1. The van der Waals surface area contributed by atoms with Crippen LogP contribution in [0.25, 0.3) is 0 Å². The van der Waals surface area contributed by atoms with Crippen molar-refractivity contribution in [1.29, 1.82) is 5.26 Å². The summed E-state index contributed by atoms with van der Waals surface area (Å²) in [5.74, 6) is 0.000176. The van der Waals surface area contributed by atoms with Gasteiger partial charge in [-0.25, -0.2) is 0 Å². The van der Waals surface area contributed by atoms with Gasteiger partial charge in [0.25, 0.3) is 0 Å². The second-order valence-corrected chi connectivity index (χ2v) is 3.22. The molecule has 0 amide bonds. The molecule has 0 aliphatic carbocycles. The lowest BCUT2D eigenvalue weighted by molar-refractivity contribution is 0.101. The monoisotopic (exact) mass is 223 g/mol. The molecule has 1 aromatic rings. The molecule has 0 saturated heterocycles. The van der Waals surface area contributed by atoms with Crippen LogP contribution in [-0.2, 0) is 0 Å². The molecular formula is C9H6BrNO. The van der Waals surface area contributed by atoms with Gasteiger partial charge in [0.1, 0.15) is 6.07 Å². The Bertz CT molecular complexity index is 365. The van der Waals surface area contributed by atoms with Crippen molar-refractivity contribution in [2.45, 2.75) is 6.92 Å². The third-order valence-corrected chi connectivity index (χ3v) is 2.15. The molecule has 60 valence electrons. The van der Waals surface area contributed by atoms with E-state index in [0.717, 1.165) is 0 Å². The van der Waals surface area contributed by atoms with Gasteiger partial charge < -0.3 is 0 Å². The Morgan fingerprint density at radius 1 is 1.58 bits per heavy atom. The van der Waals surface area contributed by atoms with Crippen LogP contribution in [0.3, 0.4) is 0 Å². The van der Waals surface area contributed by atoms with Crippen molar-refractivity contribution in [3.8, 4) is 6.07 Å². The van der Waals surface area contributed by atoms with Gasteiger partial charge in [0, 0.05) is 10.0 Å². The molecule has 0 fully saturated rings. The Kier molecular flexibility index (Phi) is 2.61. The molecule has 3 heteroatoms. The minimum Gasteiger partial charge on any atom is -0.295 e. The molecule has 0 bridgehead atoms. The number of halogens is 1. The van der Waals surface area contributed by atoms with Crippen LogP contribution >= 0.6 is 15.9 Å². The van der Waals surface area contributed by atoms with Crippen LogP contribution in [0.15, 0.2) is 22.7 Å². The minimum absolute atomic E-state index is 0.000176. The van der Waals surface area contributed by atoms with Gasteiger partial charge in [-0.3, -0.25) is 4.79 Å². The summed E-state index contributed by atoms with van der Waals surface area (Å²) in [5, 5.41) is 8.58. The van der Waals surface area contributed by atoms with Crippen LogP contribution in [0, 0.1) is 11.3 Å². The zero-order chi connectivity index (χ0) is 9.14. The summed E-state index contributed by atoms with van der Waals surface area (Å²) in [4.78, 5) is 10.9. The maximum atomic E-state index is 10.9. The highest BCUT2D eigenvalue weighted by Gasteiger charge is 2.02. The fourth-order valence-electron chi connectivity index (χ4n) is 0.825. The van der Waals surface area contributed by atoms with E-state index in [2.05, 4.69) is 15.9 Å². The number of hydrogen-bond acceptors (Lipinski definition) is 2. The number of nitrogens with zero attached hydrogens (tertiary/aromatic N) is 1. The molecule has 0 aliphatic rings. The van der Waals surface area contributed by atoms with Crippen molar-refractivity contribution in [2.24, 2.45) is 0 Å². The predicted molar refractivity (Wildman–Crippen MR) is 48.9 cm³/mol. The van der Waals surface area contributed by atoms with Gasteiger partial charge in [-0.2, -0.15) is 5.26 Å². The molecule has 0 N–H and O–H groups in total. The lowest BCUT2D eigenvalue weighted by atomic mass is 10.1. The molecule has 0 aliphatic heterocycles. The molecule has 0 radical (unpaired) electrons. The number of Topliss-reactive ketones (excluding diaryl/α,β-unsaturated/α-hetero) is 1. The standard InChI is InChI=1S/C9H6BrNO/c1-6(12)7-2-3-8(5-11)9(10)4-7/h2-4H,1H3. The summed E-state index contributed by atoms with van der Waals surface area (Å²) in [7, 11) is 0. The quantitative estimate of drug-likeness (QED) is 0.687. The second kappa shape index (κ2) is 3.51. The Balaban J connectivity index is 3.21. The molecule has 0 heterocycles. The summed E-state index contributed by atoms with van der Waals surface area (Å²) >= 11 is 3.20. The fraction of sp³-hybridized carbons (Fsp3) is 0.111. The number of ketones is 1. The van der Waals surface area contributed by atoms with Gasteiger partial charge in [0.15, 0.2) is 5.78 Å². The molecular weight excluding hydrogens is 218 g/mol. The van der Waals surface area contributed by atoms with Gasteiger partial charge in [-0.05, 0) is 35.0 Å². The smallest absolute Gasteiger partial charge is 0.159 e. The van der Waals surface area contributed by atoms with E-state index in [4.69, 9.17) is 5.26 Å². The van der Waals surface area contributed by atoms with E-state index in [9.17, 15) is 4.79 Å². The minimum atomic E-state index is 0.000176. The van der Waals surface area contributed by atoms with E-state index in [-0.39, 0.29) is 5.78 Å². The largest absolute Gasteiger partial charge is 0.295 e. The highest BCUT2D eigenvalue weighted by Crippen LogP contribution is 2.17. The Hall–Kier alpha value is -1.14. The van der Waals surface area contributed by atoms with Gasteiger partial charge in [-0.1, -0.05) is 6.07 Å². The van der Waals surface area contributed by atoms with Crippen molar-refractivity contribution in [3.05, 3.63) is 33.8 Å². The molecule has 1 aromatic carbocycles. The topological polar surface area (TPSA) is 40.9 Å². The van der Waals surface area contributed by atoms with E-state index >= 15 is 0 Å². The first-order valence-corrected chi connectivity index (χ1v) is 4.15. The fourth-order valence-corrected chi connectivity index (χ4v) is 1.29. The van der Waals surface area contributed by atoms with Crippen LogP contribution in [0.5, 0.6) is 0 Å². The van der Waals surface area contributed by atoms with Crippen LogP contribution in [0.4, 0.5) is 0 Å². The van der Waals surface area contributed by atoms with E-state index in [1.165, 1.54) is 6.92 Å². The predicted octanol–water partition coefficient (Wildman–Crippen LogP) is 2.52. The number of nitriles is 1.